The minimum Gasteiger partial charge on any atom is -0.382 e. The van der Waals surface area contributed by atoms with Gasteiger partial charge in [-0.25, -0.2) is 18.7 Å². The number of aromatic amines is 1. The lowest BCUT2D eigenvalue weighted by Crippen LogP contribution is -2.14. The van der Waals surface area contributed by atoms with Crippen molar-refractivity contribution < 1.29 is 22.0 Å². The Labute approximate surface area is 204 Å². The molecule has 6 N–H and O–H groups in total. The van der Waals surface area contributed by atoms with Crippen LogP contribution in [0.1, 0.15) is 36.5 Å². The van der Waals surface area contributed by atoms with E-state index < -0.39 is 29.6 Å². The molecule has 1 unspecified atom stereocenters. The van der Waals surface area contributed by atoms with Gasteiger partial charge in [-0.05, 0) is 40.1 Å². The first kappa shape index (κ1) is 26.0. The predicted octanol–water partition coefficient (Wildman–Crippen LogP) is 5.95. The van der Waals surface area contributed by atoms with Crippen molar-refractivity contribution in [2.75, 3.05) is 5.32 Å². The quantitative estimate of drug-likeness (QED) is 0.133. The van der Waals surface area contributed by atoms with Gasteiger partial charge in [-0.2, -0.15) is 13.2 Å². The fourth-order valence-corrected chi connectivity index (χ4v) is 4.23. The maximum Gasteiger partial charge on any atom is 0.451 e. The highest BCUT2D eigenvalue weighted by molar-refractivity contribution is 9.10. The zero-order valence-corrected chi connectivity index (χ0v) is 19.7. The number of hydrogen-bond acceptors (Lipinski definition) is 5. The van der Waals surface area contributed by atoms with Crippen LogP contribution in [-0.4, -0.2) is 27.0 Å². The summed E-state index contributed by atoms with van der Waals surface area (Å²) in [5, 5.41) is 18.5. The highest BCUT2D eigenvalue weighted by Crippen LogP contribution is 2.40. The first-order valence-corrected chi connectivity index (χ1v) is 10.8. The van der Waals surface area contributed by atoms with Crippen LogP contribution in [0.5, 0.6) is 0 Å². The summed E-state index contributed by atoms with van der Waals surface area (Å²) in [6.45, 7) is 1.82. The summed E-state index contributed by atoms with van der Waals surface area (Å²) in [7, 11) is 0. The summed E-state index contributed by atoms with van der Waals surface area (Å²) in [4.78, 5) is 9.74. The second-order valence-electron chi connectivity index (χ2n) is 7.33. The molecule has 3 aromatic rings. The topological polar surface area (TPSA) is 127 Å². The third-order valence-electron chi connectivity index (χ3n) is 5.08. The molecule has 0 amide bonds. The van der Waals surface area contributed by atoms with Crippen molar-refractivity contribution in [3.63, 3.8) is 0 Å². The Hall–Kier alpha value is -3.61. The lowest BCUT2D eigenvalue weighted by Gasteiger charge is -2.16. The van der Waals surface area contributed by atoms with E-state index >= 15 is 0 Å². The van der Waals surface area contributed by atoms with Crippen LogP contribution < -0.4 is 11.1 Å². The Balaban J connectivity index is 2.05. The summed E-state index contributed by atoms with van der Waals surface area (Å²) in [6.07, 6.45) is 0.119. The van der Waals surface area contributed by atoms with E-state index in [0.29, 0.717) is 22.2 Å². The van der Waals surface area contributed by atoms with Crippen molar-refractivity contribution >= 4 is 33.7 Å². The molecule has 1 aromatic carbocycles. The van der Waals surface area contributed by atoms with Crippen LogP contribution in [0.4, 0.5) is 27.6 Å². The lowest BCUT2D eigenvalue weighted by molar-refractivity contribution is -0.144. The van der Waals surface area contributed by atoms with E-state index in [9.17, 15) is 22.0 Å². The van der Waals surface area contributed by atoms with Crippen LogP contribution in [0.25, 0.3) is 11.1 Å². The third kappa shape index (κ3) is 5.56. The van der Waals surface area contributed by atoms with Crippen molar-refractivity contribution in [1.29, 1.82) is 10.8 Å². The van der Waals surface area contributed by atoms with Gasteiger partial charge in [-0.1, -0.05) is 6.92 Å². The molecule has 0 aliphatic carbocycles. The number of benzene rings is 1. The van der Waals surface area contributed by atoms with Crippen LogP contribution in [0.15, 0.2) is 46.8 Å². The maximum atomic E-state index is 14.0. The number of hydrogen-bond donors (Lipinski definition) is 5. The van der Waals surface area contributed by atoms with Gasteiger partial charge in [0.25, 0.3) is 0 Å². The molecule has 0 radical (unpaired) electrons. The molecule has 7 nitrogen and oxygen atoms in total. The van der Waals surface area contributed by atoms with E-state index in [4.69, 9.17) is 16.6 Å². The van der Waals surface area contributed by atoms with Crippen molar-refractivity contribution in [3.8, 4) is 11.1 Å². The average Bonchev–Trinajstić information content (AvgIpc) is 3.14. The molecule has 35 heavy (non-hydrogen) atoms. The normalized spacial score (nSPS) is 12.9. The first-order chi connectivity index (χ1) is 16.5. The molecule has 0 saturated carbocycles. The molecule has 13 heteroatoms. The number of rotatable bonds is 8. The van der Waals surface area contributed by atoms with Crippen molar-refractivity contribution in [3.05, 3.63) is 75.7 Å². The molecule has 0 aliphatic heterocycles. The molecule has 3 rings (SSSR count). The van der Waals surface area contributed by atoms with E-state index in [1.807, 2.05) is 6.92 Å². The number of nitrogens with one attached hydrogen (secondary N) is 4. The van der Waals surface area contributed by atoms with Gasteiger partial charge in [-0.3, -0.25) is 5.41 Å². The summed E-state index contributed by atoms with van der Waals surface area (Å²) >= 11 is 3.43. The van der Waals surface area contributed by atoms with Crippen LogP contribution in [0.3, 0.4) is 0 Å². The number of anilines is 1. The van der Waals surface area contributed by atoms with Gasteiger partial charge >= 0.3 is 6.18 Å². The van der Waals surface area contributed by atoms with Crippen LogP contribution in [0.2, 0.25) is 0 Å². The molecule has 2 aromatic heterocycles. The second kappa shape index (κ2) is 10.3. The average molecular weight is 556 g/mol. The van der Waals surface area contributed by atoms with Crippen molar-refractivity contribution in [2.45, 2.75) is 25.4 Å². The number of allylic oxidation sites excluding steroid dienone is 1. The van der Waals surface area contributed by atoms with E-state index in [-0.39, 0.29) is 28.3 Å². The molecule has 0 saturated heterocycles. The van der Waals surface area contributed by atoms with E-state index in [1.165, 1.54) is 12.3 Å². The van der Waals surface area contributed by atoms with Crippen molar-refractivity contribution in [2.24, 2.45) is 5.73 Å². The fourth-order valence-electron chi connectivity index (χ4n) is 3.43. The zero-order valence-electron chi connectivity index (χ0n) is 18.1. The lowest BCUT2D eigenvalue weighted by atomic mass is 9.93. The van der Waals surface area contributed by atoms with Gasteiger partial charge in [0.2, 0.25) is 5.82 Å². The Morgan fingerprint density at radius 1 is 1.26 bits per heavy atom. The monoisotopic (exact) mass is 555 g/mol. The summed E-state index contributed by atoms with van der Waals surface area (Å²) in [5.41, 5.74) is 7.16. The maximum absolute atomic E-state index is 14.0. The summed E-state index contributed by atoms with van der Waals surface area (Å²) in [5.74, 6) is -3.74. The Bertz CT molecular complexity index is 1280. The van der Waals surface area contributed by atoms with Gasteiger partial charge in [0.1, 0.15) is 17.5 Å². The number of halogens is 6. The van der Waals surface area contributed by atoms with Crippen LogP contribution in [0, 0.1) is 22.5 Å². The van der Waals surface area contributed by atoms with Crippen LogP contribution in [-0.2, 0) is 6.18 Å². The van der Waals surface area contributed by atoms with E-state index in [1.54, 1.807) is 0 Å². The number of nitrogens with zero attached hydrogens (tertiary/aromatic N) is 2. The van der Waals surface area contributed by atoms with Crippen molar-refractivity contribution in [1.82, 2.24) is 15.0 Å². The highest BCUT2D eigenvalue weighted by Gasteiger charge is 2.34. The Morgan fingerprint density at radius 3 is 2.43 bits per heavy atom. The molecule has 184 valence electrons. The summed E-state index contributed by atoms with van der Waals surface area (Å²) in [6, 6.07) is 3.02. The minimum atomic E-state index is -4.71. The molecule has 0 aliphatic rings. The number of H-pyrrole nitrogens is 1. The minimum absolute atomic E-state index is 0.00169. The largest absolute Gasteiger partial charge is 0.451 e. The summed E-state index contributed by atoms with van der Waals surface area (Å²) < 4.78 is 66.1. The van der Waals surface area contributed by atoms with Gasteiger partial charge in [0.15, 0.2) is 0 Å². The zero-order chi connectivity index (χ0) is 25.9. The van der Waals surface area contributed by atoms with E-state index in [2.05, 4.69) is 36.2 Å². The second-order valence-corrected chi connectivity index (χ2v) is 8.12. The number of nitrogen functional groups attached to an aromatic ring is 1. The number of aromatic nitrogens is 3. The van der Waals surface area contributed by atoms with E-state index in [0.717, 1.165) is 30.7 Å². The van der Waals surface area contributed by atoms with Gasteiger partial charge < -0.3 is 21.4 Å². The molecule has 0 spiro atoms. The fraction of sp³-hybridized carbons (Fsp3) is 0.182. The molecule has 2 heterocycles. The molecule has 0 bridgehead atoms. The Kier molecular flexibility index (Phi) is 7.68. The molecular weight excluding hydrogens is 537 g/mol. The molecule has 1 atom stereocenters. The number of nitrogens with two attached hydrogens (primary N) is 1. The standard InChI is InChI=1S/C22H19BrF5N7/c1-2-13(10(6-29)7-32-15-4-3-12(24)5-14(15)25)18-17(23)16(19(35-18)20(30)31)11-8-33-21(34-9-11)22(26,27)28/h3-9,13,29,32,35H,2H2,1H3,(H3,30,31)/b10-7+,29-6?. The van der Waals surface area contributed by atoms with Gasteiger partial charge in [-0.15, -0.1) is 0 Å². The van der Waals surface area contributed by atoms with Gasteiger partial charge in [0.05, 0.1) is 11.4 Å². The van der Waals surface area contributed by atoms with Crippen LogP contribution >= 0.6 is 15.9 Å². The first-order valence-electron chi connectivity index (χ1n) is 10.0. The SMILES string of the molecule is CCC(/C(C=N)=C/Nc1ccc(F)cc1F)c1[nH]c(C(=N)N)c(-c2cnc(C(F)(F)F)nc2)c1Br. The smallest absolute Gasteiger partial charge is 0.382 e. The Morgan fingerprint density at radius 2 is 1.91 bits per heavy atom. The highest BCUT2D eigenvalue weighted by atomic mass is 79.9. The third-order valence-corrected chi connectivity index (χ3v) is 5.90. The molecule has 0 fully saturated rings. The molecular formula is C22H19BrF5N7. The van der Waals surface area contributed by atoms with Gasteiger partial charge in [0, 0.05) is 58.1 Å². The predicted molar refractivity (Wildman–Crippen MR) is 125 cm³/mol. The number of amidine groups is 1. The number of alkyl halides is 3.